The predicted molar refractivity (Wildman–Crippen MR) is 185 cm³/mol. The van der Waals surface area contributed by atoms with Crippen molar-refractivity contribution in [1.82, 2.24) is 24.8 Å². The molecule has 254 valence electrons. The Morgan fingerprint density at radius 2 is 1.84 bits per heavy atom. The van der Waals surface area contributed by atoms with Crippen LogP contribution in [-0.4, -0.2) is 74.7 Å². The molecule has 0 radical (unpaired) electrons. The van der Waals surface area contributed by atoms with Gasteiger partial charge in [0.1, 0.15) is 41.7 Å². The zero-order valence-corrected chi connectivity index (χ0v) is 27.1. The normalized spacial score (nSPS) is 13.1. The minimum atomic E-state index is -1.01. The van der Waals surface area contributed by atoms with Gasteiger partial charge in [0, 0.05) is 66.9 Å². The van der Waals surface area contributed by atoms with Crippen LogP contribution < -0.4 is 15.4 Å². The summed E-state index contributed by atoms with van der Waals surface area (Å²) < 4.78 is 33.1. The van der Waals surface area contributed by atoms with Crippen LogP contribution in [0.4, 0.5) is 20.4 Å². The number of carboxylic acid groups (broad SMARTS) is 1. The molecule has 0 saturated carbocycles. The molecule has 2 aromatic carbocycles. The number of unbranched alkanes of at least 4 members (excludes halogenated alkanes) is 1. The van der Waals surface area contributed by atoms with E-state index < -0.39 is 23.6 Å². The van der Waals surface area contributed by atoms with Gasteiger partial charge in [0.15, 0.2) is 5.82 Å². The number of anilines is 2. The molecule has 3 aromatic heterocycles. The molecule has 0 fully saturated rings. The number of aryl methyl sites for hydroxylation is 2. The van der Waals surface area contributed by atoms with Crippen molar-refractivity contribution in [3.05, 3.63) is 102 Å². The van der Waals surface area contributed by atoms with Gasteiger partial charge in [-0.15, -0.1) is 0 Å². The van der Waals surface area contributed by atoms with Crippen molar-refractivity contribution in [2.45, 2.75) is 44.6 Å². The second-order valence-corrected chi connectivity index (χ2v) is 12.1. The molecular weight excluding hydrogens is 628 g/mol. The van der Waals surface area contributed by atoms with Gasteiger partial charge in [0.2, 0.25) is 0 Å². The number of aromatic nitrogens is 4. The molecule has 4 heterocycles. The summed E-state index contributed by atoms with van der Waals surface area (Å²) in [5.41, 5.74) is 3.69. The largest absolute Gasteiger partial charge is 0.492 e. The zero-order chi connectivity index (χ0) is 34.0. The van der Waals surface area contributed by atoms with Gasteiger partial charge in [-0.25, -0.2) is 28.5 Å². The molecule has 5 aromatic rings. The smallest absolute Gasteiger partial charge is 0.326 e. The third kappa shape index (κ3) is 9.23. The van der Waals surface area contributed by atoms with Crippen molar-refractivity contribution >= 4 is 28.5 Å². The molecule has 6 rings (SSSR count). The fraction of sp³-hybridized carbons (Fsp3) is 0.324. The van der Waals surface area contributed by atoms with Crippen LogP contribution in [0.15, 0.2) is 79.1 Å². The third-order valence-electron chi connectivity index (χ3n) is 8.49. The fourth-order valence-electron chi connectivity index (χ4n) is 5.93. The van der Waals surface area contributed by atoms with Gasteiger partial charge in [-0.2, -0.15) is 0 Å². The van der Waals surface area contributed by atoms with E-state index in [-0.39, 0.29) is 18.8 Å². The van der Waals surface area contributed by atoms with Gasteiger partial charge in [-0.3, -0.25) is 9.88 Å². The minimum absolute atomic E-state index is 0.106. The molecule has 0 spiro atoms. The Kier molecular flexibility index (Phi) is 11.2. The summed E-state index contributed by atoms with van der Waals surface area (Å²) in [4.78, 5) is 33.0. The minimum Gasteiger partial charge on any atom is -0.492 e. The Labute approximate surface area is 283 Å². The number of carbonyl (C=O) groups is 1. The lowest BCUT2D eigenvalue weighted by Gasteiger charge is -2.25. The molecule has 3 N–H and O–H groups in total. The highest BCUT2D eigenvalue weighted by molar-refractivity contribution is 5.92. The fourth-order valence-corrected chi connectivity index (χ4v) is 5.93. The molecule has 10 nitrogen and oxygen atoms in total. The Balaban J connectivity index is 1.12. The number of para-hydroxylation sites is 1. The number of fused-ring (bicyclic) bond motifs is 2. The van der Waals surface area contributed by atoms with Crippen molar-refractivity contribution < 1.29 is 23.4 Å². The Morgan fingerprint density at radius 1 is 0.980 bits per heavy atom. The van der Waals surface area contributed by atoms with Crippen molar-refractivity contribution in [3.63, 3.8) is 0 Å². The molecule has 1 aliphatic heterocycles. The van der Waals surface area contributed by atoms with E-state index >= 15 is 0 Å². The number of nitrogens with one attached hydrogen (secondary N) is 2. The van der Waals surface area contributed by atoms with Crippen LogP contribution in [0.5, 0.6) is 5.75 Å². The highest BCUT2D eigenvalue weighted by Gasteiger charge is 2.22. The van der Waals surface area contributed by atoms with E-state index in [1.165, 1.54) is 5.56 Å². The van der Waals surface area contributed by atoms with Crippen LogP contribution in [0.3, 0.4) is 0 Å². The molecule has 1 atom stereocenters. The van der Waals surface area contributed by atoms with E-state index in [0.29, 0.717) is 42.2 Å². The maximum atomic E-state index is 13.7. The number of rotatable bonds is 16. The van der Waals surface area contributed by atoms with Gasteiger partial charge in [-0.05, 0) is 81.0 Å². The Hall–Kier alpha value is -5.23. The summed E-state index contributed by atoms with van der Waals surface area (Å²) in [6, 6.07) is 17.5. The number of hydrogen-bond donors (Lipinski definition) is 3. The molecule has 49 heavy (non-hydrogen) atoms. The van der Waals surface area contributed by atoms with Crippen LogP contribution in [0, 0.1) is 11.6 Å². The Bertz CT molecular complexity index is 1860. The summed E-state index contributed by atoms with van der Waals surface area (Å²) in [7, 11) is 0. The Morgan fingerprint density at radius 3 is 2.65 bits per heavy atom. The summed E-state index contributed by atoms with van der Waals surface area (Å²) in [6.45, 7) is 2.67. The molecule has 0 amide bonds. The maximum absolute atomic E-state index is 13.7. The SMILES string of the molecule is O=C(O)[C@H](CCN(CCCCc1ccc2c(n1)NCCC2)CCOc1cc(F)cc(F)c1)Nc1nc(-c2cccnc2)nc2ccccc12. The number of halogens is 2. The lowest BCUT2D eigenvalue weighted by Crippen LogP contribution is -2.37. The predicted octanol–water partition coefficient (Wildman–Crippen LogP) is 6.38. The number of ether oxygens (including phenoxy) is 1. The first-order chi connectivity index (χ1) is 23.9. The second kappa shape index (κ2) is 16.2. The topological polar surface area (TPSA) is 125 Å². The first kappa shape index (κ1) is 33.7. The molecule has 1 aliphatic rings. The average molecular weight is 668 g/mol. The van der Waals surface area contributed by atoms with Gasteiger partial charge in [-0.1, -0.05) is 18.2 Å². The zero-order valence-electron chi connectivity index (χ0n) is 27.1. The van der Waals surface area contributed by atoms with E-state index in [0.717, 1.165) is 73.9 Å². The van der Waals surface area contributed by atoms with Crippen LogP contribution in [0.2, 0.25) is 0 Å². The lowest BCUT2D eigenvalue weighted by molar-refractivity contribution is -0.138. The van der Waals surface area contributed by atoms with E-state index in [4.69, 9.17) is 14.7 Å². The summed E-state index contributed by atoms with van der Waals surface area (Å²) >= 11 is 0. The van der Waals surface area contributed by atoms with Gasteiger partial charge >= 0.3 is 5.97 Å². The molecule has 12 heteroatoms. The highest BCUT2D eigenvalue weighted by Crippen LogP contribution is 2.26. The molecule has 0 aliphatic carbocycles. The number of carboxylic acids is 1. The molecular formula is C37H39F2N7O3. The van der Waals surface area contributed by atoms with Gasteiger partial charge in [0.25, 0.3) is 0 Å². The summed E-state index contributed by atoms with van der Waals surface area (Å²) in [5, 5.41) is 17.5. The average Bonchev–Trinajstić information content (AvgIpc) is 3.11. The van der Waals surface area contributed by atoms with Crippen LogP contribution in [0.1, 0.15) is 36.9 Å². The van der Waals surface area contributed by atoms with Crippen LogP contribution in [-0.2, 0) is 17.6 Å². The standard InChI is InChI=1S/C37H39F2N7O3/c38-27-21-28(39)23-30(22-27)49-20-19-46(17-4-3-9-29-13-12-25-7-6-16-41-34(25)42-29)18-14-33(37(47)48)44-36-31-10-1-2-11-32(31)43-35(45-36)26-8-5-15-40-24-26/h1-2,5,8,10-13,15,21-24,33H,3-4,6-7,9,14,16-20H2,(H,41,42)(H,47,48)(H,43,44,45)/t33-/m0/s1. The van der Waals surface area contributed by atoms with Crippen molar-refractivity contribution in [3.8, 4) is 17.1 Å². The highest BCUT2D eigenvalue weighted by atomic mass is 19.1. The number of hydrogen-bond acceptors (Lipinski definition) is 9. The van der Waals surface area contributed by atoms with Crippen molar-refractivity contribution in [2.24, 2.45) is 0 Å². The molecule has 0 bridgehead atoms. The second-order valence-electron chi connectivity index (χ2n) is 12.1. The molecule has 0 unspecified atom stereocenters. The van der Waals surface area contributed by atoms with E-state index in [1.807, 2.05) is 30.3 Å². The lowest BCUT2D eigenvalue weighted by atomic mass is 10.1. The maximum Gasteiger partial charge on any atom is 0.326 e. The van der Waals surface area contributed by atoms with Crippen molar-refractivity contribution in [1.29, 1.82) is 0 Å². The van der Waals surface area contributed by atoms with Crippen LogP contribution in [0.25, 0.3) is 22.3 Å². The summed E-state index contributed by atoms with van der Waals surface area (Å²) in [6.07, 6.45) is 8.31. The first-order valence-corrected chi connectivity index (χ1v) is 16.6. The third-order valence-corrected chi connectivity index (χ3v) is 8.49. The quantitative estimate of drug-likeness (QED) is 0.102. The number of nitrogens with zero attached hydrogens (tertiary/aromatic N) is 5. The number of aliphatic carboxylic acids is 1. The number of pyridine rings is 2. The monoisotopic (exact) mass is 667 g/mol. The van der Waals surface area contributed by atoms with E-state index in [9.17, 15) is 18.7 Å². The first-order valence-electron chi connectivity index (χ1n) is 16.6. The molecule has 0 saturated heterocycles. The van der Waals surface area contributed by atoms with E-state index in [2.05, 4.69) is 37.6 Å². The van der Waals surface area contributed by atoms with Crippen LogP contribution >= 0.6 is 0 Å². The van der Waals surface area contributed by atoms with Gasteiger partial charge < -0.3 is 20.5 Å². The van der Waals surface area contributed by atoms with Crippen molar-refractivity contribution in [2.75, 3.05) is 43.4 Å². The van der Waals surface area contributed by atoms with E-state index in [1.54, 1.807) is 18.5 Å². The number of benzene rings is 2. The van der Waals surface area contributed by atoms with Gasteiger partial charge in [0.05, 0.1) is 5.52 Å². The summed E-state index contributed by atoms with van der Waals surface area (Å²) in [5.74, 6) is -0.484.